The molecule has 0 spiro atoms. The lowest BCUT2D eigenvalue weighted by atomic mass is 9.96. The van der Waals surface area contributed by atoms with Crippen molar-refractivity contribution in [1.82, 2.24) is 9.91 Å². The highest BCUT2D eigenvalue weighted by Gasteiger charge is 2.39. The van der Waals surface area contributed by atoms with Crippen LogP contribution in [0.3, 0.4) is 0 Å². The Hall–Kier alpha value is -2.63. The van der Waals surface area contributed by atoms with Gasteiger partial charge in [-0.15, -0.1) is 0 Å². The van der Waals surface area contributed by atoms with Gasteiger partial charge in [0.2, 0.25) is 0 Å². The largest absolute Gasteiger partial charge is 0.496 e. The van der Waals surface area contributed by atoms with Crippen molar-refractivity contribution < 1.29 is 9.47 Å². The van der Waals surface area contributed by atoms with E-state index in [2.05, 4.69) is 72.8 Å². The molecule has 2 fully saturated rings. The topological polar surface area (TPSA) is 37.3 Å². The maximum absolute atomic E-state index is 5.85. The van der Waals surface area contributed by atoms with Crippen LogP contribution in [0.15, 0.2) is 60.2 Å². The number of hydrogen-bond donors (Lipinski definition) is 0. The third-order valence-corrected chi connectivity index (χ3v) is 7.51. The molecule has 2 atom stereocenters. The highest BCUT2D eigenvalue weighted by molar-refractivity contribution is 5.92. The van der Waals surface area contributed by atoms with Gasteiger partial charge < -0.3 is 9.47 Å². The molecule has 4 rings (SSSR count). The second-order valence-corrected chi connectivity index (χ2v) is 9.88. The third-order valence-electron chi connectivity index (χ3n) is 7.51. The standard InChI is InChI=1S/C29H39N3O2/c1-6-24-23(14-10-15-27(24)33-4)20-26-25(17-19-31(26)21-22-12-8-7-9-13-22)30-32-18-11-16-28(32)29(2,3)34-5/h6-10,12-15,26,28H,1,11,16-21H2,2-5H3/b30-25+/t26?,28-/m0/s1. The van der Waals surface area contributed by atoms with Crippen molar-refractivity contribution in [3.8, 4) is 5.75 Å². The van der Waals surface area contributed by atoms with Crippen LogP contribution in [0.5, 0.6) is 5.75 Å². The summed E-state index contributed by atoms with van der Waals surface area (Å²) in [6, 6.07) is 17.6. The van der Waals surface area contributed by atoms with Gasteiger partial charge in [0, 0.05) is 38.7 Å². The zero-order valence-corrected chi connectivity index (χ0v) is 21.2. The van der Waals surface area contributed by atoms with Crippen molar-refractivity contribution in [1.29, 1.82) is 0 Å². The van der Waals surface area contributed by atoms with Crippen molar-refractivity contribution in [2.75, 3.05) is 27.3 Å². The molecule has 0 bridgehead atoms. The number of nitrogens with zero attached hydrogens (tertiary/aromatic N) is 3. The lowest BCUT2D eigenvalue weighted by Crippen LogP contribution is -2.45. The van der Waals surface area contributed by atoms with Gasteiger partial charge in [0.05, 0.1) is 30.5 Å². The van der Waals surface area contributed by atoms with Gasteiger partial charge in [-0.25, -0.2) is 0 Å². The molecule has 0 saturated carbocycles. The van der Waals surface area contributed by atoms with Crippen LogP contribution in [-0.4, -0.2) is 60.6 Å². The summed E-state index contributed by atoms with van der Waals surface area (Å²) in [6.07, 6.45) is 6.06. The minimum Gasteiger partial charge on any atom is -0.496 e. The lowest BCUT2D eigenvalue weighted by molar-refractivity contribution is -0.0396. The Labute approximate surface area is 205 Å². The maximum Gasteiger partial charge on any atom is 0.126 e. The molecular weight excluding hydrogens is 422 g/mol. The zero-order chi connectivity index (χ0) is 24.1. The second kappa shape index (κ2) is 10.7. The van der Waals surface area contributed by atoms with Crippen molar-refractivity contribution >= 4 is 11.8 Å². The number of ether oxygens (including phenoxy) is 2. The van der Waals surface area contributed by atoms with Gasteiger partial charge in [-0.1, -0.05) is 55.1 Å². The van der Waals surface area contributed by atoms with Gasteiger partial charge in [0.1, 0.15) is 5.75 Å². The van der Waals surface area contributed by atoms with E-state index in [0.717, 1.165) is 56.6 Å². The normalized spacial score (nSPS) is 22.5. The van der Waals surface area contributed by atoms with Gasteiger partial charge in [-0.2, -0.15) is 5.10 Å². The number of hydrogen-bond acceptors (Lipinski definition) is 5. The summed E-state index contributed by atoms with van der Waals surface area (Å²) >= 11 is 0. The predicted octanol–water partition coefficient (Wildman–Crippen LogP) is 5.40. The molecule has 34 heavy (non-hydrogen) atoms. The molecule has 2 heterocycles. The van der Waals surface area contributed by atoms with Crippen molar-refractivity contribution in [3.05, 3.63) is 71.8 Å². The minimum absolute atomic E-state index is 0.221. The van der Waals surface area contributed by atoms with E-state index in [0.29, 0.717) is 6.04 Å². The fourth-order valence-corrected chi connectivity index (χ4v) is 5.43. The first kappa shape index (κ1) is 24.5. The second-order valence-electron chi connectivity index (χ2n) is 9.88. The molecule has 2 aromatic rings. The number of hydrazone groups is 1. The van der Waals surface area contributed by atoms with Crippen LogP contribution in [0, 0.1) is 0 Å². The van der Waals surface area contributed by atoms with E-state index in [-0.39, 0.29) is 11.6 Å². The van der Waals surface area contributed by atoms with Crippen molar-refractivity contribution in [3.63, 3.8) is 0 Å². The first-order valence-corrected chi connectivity index (χ1v) is 12.4. The fourth-order valence-electron chi connectivity index (χ4n) is 5.43. The smallest absolute Gasteiger partial charge is 0.126 e. The summed E-state index contributed by atoms with van der Waals surface area (Å²) in [5.41, 5.74) is 4.72. The summed E-state index contributed by atoms with van der Waals surface area (Å²) in [6.45, 7) is 11.3. The summed E-state index contributed by atoms with van der Waals surface area (Å²) < 4.78 is 11.5. The lowest BCUT2D eigenvalue weighted by Gasteiger charge is -2.36. The van der Waals surface area contributed by atoms with E-state index in [4.69, 9.17) is 14.6 Å². The summed E-state index contributed by atoms with van der Waals surface area (Å²) in [7, 11) is 3.53. The zero-order valence-electron chi connectivity index (χ0n) is 21.2. The van der Waals surface area contributed by atoms with Gasteiger partial charge in [-0.3, -0.25) is 9.91 Å². The van der Waals surface area contributed by atoms with Gasteiger partial charge in [0.25, 0.3) is 0 Å². The average Bonchev–Trinajstić information content (AvgIpc) is 3.48. The van der Waals surface area contributed by atoms with Crippen LogP contribution in [0.25, 0.3) is 6.08 Å². The molecule has 1 unspecified atom stereocenters. The molecule has 0 amide bonds. The number of benzene rings is 2. The van der Waals surface area contributed by atoms with Crippen LogP contribution >= 0.6 is 0 Å². The summed E-state index contributed by atoms with van der Waals surface area (Å²) in [4.78, 5) is 2.58. The molecule has 5 nitrogen and oxygen atoms in total. The maximum atomic E-state index is 5.85. The van der Waals surface area contributed by atoms with Crippen LogP contribution in [0.4, 0.5) is 0 Å². The first-order valence-electron chi connectivity index (χ1n) is 12.4. The van der Waals surface area contributed by atoms with E-state index >= 15 is 0 Å². The van der Waals surface area contributed by atoms with E-state index in [9.17, 15) is 0 Å². The third kappa shape index (κ3) is 5.21. The molecule has 0 aliphatic carbocycles. The molecule has 2 aliphatic heterocycles. The van der Waals surface area contributed by atoms with Crippen LogP contribution < -0.4 is 4.74 Å². The quantitative estimate of drug-likeness (QED) is 0.501. The van der Waals surface area contributed by atoms with Gasteiger partial charge in [-0.05, 0) is 50.3 Å². The summed E-state index contributed by atoms with van der Waals surface area (Å²) in [5.74, 6) is 0.875. The van der Waals surface area contributed by atoms with Crippen molar-refractivity contribution in [2.45, 2.75) is 63.8 Å². The Kier molecular flexibility index (Phi) is 7.74. The number of methoxy groups -OCH3 is 2. The monoisotopic (exact) mass is 461 g/mol. The molecular formula is C29H39N3O2. The molecule has 2 aliphatic rings. The molecule has 182 valence electrons. The Bertz CT molecular complexity index is 1000. The highest BCUT2D eigenvalue weighted by atomic mass is 16.5. The van der Waals surface area contributed by atoms with Crippen molar-refractivity contribution in [2.24, 2.45) is 5.10 Å². The van der Waals surface area contributed by atoms with E-state index in [1.165, 1.54) is 16.8 Å². The van der Waals surface area contributed by atoms with E-state index < -0.39 is 0 Å². The highest BCUT2D eigenvalue weighted by Crippen LogP contribution is 2.32. The molecule has 5 heteroatoms. The van der Waals surface area contributed by atoms with Gasteiger partial charge >= 0.3 is 0 Å². The predicted molar refractivity (Wildman–Crippen MR) is 140 cm³/mol. The van der Waals surface area contributed by atoms with Crippen LogP contribution in [0.2, 0.25) is 0 Å². The summed E-state index contributed by atoms with van der Waals surface area (Å²) in [5, 5.41) is 7.61. The Morgan fingerprint density at radius 1 is 1.09 bits per heavy atom. The number of rotatable bonds is 9. The molecule has 2 aromatic carbocycles. The Balaban J connectivity index is 1.66. The average molecular weight is 462 g/mol. The molecule has 0 radical (unpaired) electrons. The molecule has 0 aromatic heterocycles. The Morgan fingerprint density at radius 3 is 2.59 bits per heavy atom. The SMILES string of the molecule is C=Cc1c(CC2/C(=N/N3CCC[C@H]3C(C)(C)OC)CCN2Cc2ccccc2)cccc1OC. The van der Waals surface area contributed by atoms with Crippen LogP contribution in [0.1, 0.15) is 49.8 Å². The molecule has 2 saturated heterocycles. The van der Waals surface area contributed by atoms with Crippen LogP contribution in [-0.2, 0) is 17.7 Å². The Morgan fingerprint density at radius 2 is 1.88 bits per heavy atom. The van der Waals surface area contributed by atoms with Gasteiger partial charge in [0.15, 0.2) is 0 Å². The minimum atomic E-state index is -0.221. The fraction of sp³-hybridized carbons (Fsp3) is 0.483. The molecule has 0 N–H and O–H groups in total. The first-order chi connectivity index (χ1) is 16.5. The van der Waals surface area contributed by atoms with E-state index in [1.54, 1.807) is 7.11 Å². The number of likely N-dealkylation sites (tertiary alicyclic amines) is 1. The van der Waals surface area contributed by atoms with E-state index in [1.807, 2.05) is 19.3 Å².